The molecular weight excluding hydrogens is 396 g/mol. The standard InChI is InChI=1S/C20H26N2O4S2/c1-6-15(3)27-17-9-12-19(14(2)13-17)21-20(23)16-7-10-18(11-8-16)28(24,25)22(4)26-5/h7-13,15H,6H2,1-5H3,(H,21,23). The van der Waals surface area contributed by atoms with Gasteiger partial charge >= 0.3 is 0 Å². The molecule has 2 aromatic rings. The van der Waals surface area contributed by atoms with Gasteiger partial charge in [0, 0.05) is 28.4 Å². The summed E-state index contributed by atoms with van der Waals surface area (Å²) in [7, 11) is -1.16. The van der Waals surface area contributed by atoms with Crippen LogP contribution in [0.2, 0.25) is 0 Å². The Balaban J connectivity index is 2.13. The fourth-order valence-corrected chi connectivity index (χ4v) is 4.38. The van der Waals surface area contributed by atoms with Crippen LogP contribution in [0.25, 0.3) is 0 Å². The molecule has 152 valence electrons. The number of hydrogen-bond donors (Lipinski definition) is 1. The summed E-state index contributed by atoms with van der Waals surface area (Å²) in [5.41, 5.74) is 2.08. The molecule has 1 atom stereocenters. The van der Waals surface area contributed by atoms with Gasteiger partial charge in [0.1, 0.15) is 0 Å². The van der Waals surface area contributed by atoms with Gasteiger partial charge in [-0.1, -0.05) is 18.3 Å². The van der Waals surface area contributed by atoms with Gasteiger partial charge in [0.15, 0.2) is 0 Å². The average molecular weight is 423 g/mol. The first-order valence-electron chi connectivity index (χ1n) is 8.90. The summed E-state index contributed by atoms with van der Waals surface area (Å²) < 4.78 is 25.2. The van der Waals surface area contributed by atoms with Crippen molar-refractivity contribution in [3.63, 3.8) is 0 Å². The van der Waals surface area contributed by atoms with E-state index >= 15 is 0 Å². The van der Waals surface area contributed by atoms with Crippen LogP contribution in [0.1, 0.15) is 36.2 Å². The molecule has 0 aliphatic carbocycles. The molecule has 2 rings (SSSR count). The van der Waals surface area contributed by atoms with Crippen LogP contribution in [0.15, 0.2) is 52.3 Å². The van der Waals surface area contributed by atoms with Gasteiger partial charge in [-0.25, -0.2) is 8.42 Å². The Hall–Kier alpha value is -1.87. The lowest BCUT2D eigenvalue weighted by atomic mass is 10.1. The number of benzene rings is 2. The number of hydroxylamine groups is 1. The summed E-state index contributed by atoms with van der Waals surface area (Å²) in [5, 5.41) is 3.41. The van der Waals surface area contributed by atoms with E-state index in [4.69, 9.17) is 4.84 Å². The molecule has 2 aromatic carbocycles. The molecule has 6 nitrogen and oxygen atoms in total. The van der Waals surface area contributed by atoms with E-state index < -0.39 is 10.0 Å². The van der Waals surface area contributed by atoms with Gasteiger partial charge in [-0.3, -0.25) is 9.63 Å². The number of hydrogen-bond acceptors (Lipinski definition) is 5. The first-order valence-corrected chi connectivity index (χ1v) is 11.2. The highest BCUT2D eigenvalue weighted by Crippen LogP contribution is 2.28. The number of nitrogens with zero attached hydrogens (tertiary/aromatic N) is 1. The van der Waals surface area contributed by atoms with E-state index in [1.165, 1.54) is 43.3 Å². The van der Waals surface area contributed by atoms with Crippen molar-refractivity contribution in [2.45, 2.75) is 42.2 Å². The monoisotopic (exact) mass is 422 g/mol. The predicted molar refractivity (Wildman–Crippen MR) is 113 cm³/mol. The normalized spacial score (nSPS) is 12.8. The molecule has 0 aliphatic heterocycles. The lowest BCUT2D eigenvalue weighted by Gasteiger charge is -2.14. The Bertz CT molecular complexity index is 928. The summed E-state index contributed by atoms with van der Waals surface area (Å²) in [6, 6.07) is 11.7. The molecule has 0 aromatic heterocycles. The van der Waals surface area contributed by atoms with Gasteiger partial charge in [0.25, 0.3) is 15.9 Å². The largest absolute Gasteiger partial charge is 0.322 e. The van der Waals surface area contributed by atoms with Crippen LogP contribution in [0, 0.1) is 6.92 Å². The number of thioether (sulfide) groups is 1. The average Bonchev–Trinajstić information content (AvgIpc) is 2.69. The van der Waals surface area contributed by atoms with Crippen LogP contribution in [0.4, 0.5) is 5.69 Å². The first kappa shape index (κ1) is 22.4. The molecular formula is C20H26N2O4S2. The van der Waals surface area contributed by atoms with Crippen LogP contribution in [-0.2, 0) is 14.9 Å². The van der Waals surface area contributed by atoms with E-state index in [2.05, 4.69) is 25.2 Å². The highest BCUT2D eigenvalue weighted by atomic mass is 32.2. The summed E-state index contributed by atoms with van der Waals surface area (Å²) in [5.74, 6) is -0.297. The maximum absolute atomic E-state index is 12.5. The third-order valence-electron chi connectivity index (χ3n) is 4.37. The third kappa shape index (κ3) is 5.35. The molecule has 8 heteroatoms. The second kappa shape index (κ2) is 9.56. The SMILES string of the molecule is CCC(C)Sc1ccc(NC(=O)c2ccc(S(=O)(=O)N(C)OC)cc2)c(C)c1. The number of anilines is 1. The molecule has 0 saturated carbocycles. The van der Waals surface area contributed by atoms with Crippen molar-refractivity contribution in [1.82, 2.24) is 4.47 Å². The summed E-state index contributed by atoms with van der Waals surface area (Å²) in [4.78, 5) is 18.5. The molecule has 28 heavy (non-hydrogen) atoms. The van der Waals surface area contributed by atoms with Gasteiger partial charge in [0.05, 0.1) is 12.0 Å². The van der Waals surface area contributed by atoms with Crippen LogP contribution in [0.5, 0.6) is 0 Å². The van der Waals surface area contributed by atoms with Gasteiger partial charge < -0.3 is 5.32 Å². The minimum Gasteiger partial charge on any atom is -0.322 e. The van der Waals surface area contributed by atoms with E-state index in [-0.39, 0.29) is 10.8 Å². The van der Waals surface area contributed by atoms with Gasteiger partial charge in [-0.15, -0.1) is 11.8 Å². The minimum absolute atomic E-state index is 0.0519. The van der Waals surface area contributed by atoms with Crippen LogP contribution in [-0.4, -0.2) is 38.2 Å². The van der Waals surface area contributed by atoms with Crippen molar-refractivity contribution >= 4 is 33.4 Å². The molecule has 0 radical (unpaired) electrons. The van der Waals surface area contributed by atoms with Gasteiger partial charge in [0.2, 0.25) is 0 Å². The Labute approximate surface area is 171 Å². The number of carbonyl (C=O) groups excluding carboxylic acids is 1. The Morgan fingerprint density at radius 3 is 2.39 bits per heavy atom. The predicted octanol–water partition coefficient (Wildman–Crippen LogP) is 4.32. The molecule has 1 unspecified atom stereocenters. The van der Waals surface area contributed by atoms with Crippen LogP contribution in [0.3, 0.4) is 0 Å². The molecule has 0 heterocycles. The Kier molecular flexibility index (Phi) is 7.65. The zero-order valence-corrected chi connectivity index (χ0v) is 18.4. The fourth-order valence-electron chi connectivity index (χ4n) is 2.38. The van der Waals surface area contributed by atoms with Gasteiger partial charge in [-0.2, -0.15) is 0 Å². The lowest BCUT2D eigenvalue weighted by Crippen LogP contribution is -2.25. The van der Waals surface area contributed by atoms with E-state index in [0.29, 0.717) is 10.8 Å². The lowest BCUT2D eigenvalue weighted by molar-refractivity contribution is -0.0258. The number of rotatable bonds is 8. The highest BCUT2D eigenvalue weighted by molar-refractivity contribution is 7.99. The maximum Gasteiger partial charge on any atom is 0.264 e. The molecule has 0 saturated heterocycles. The molecule has 0 spiro atoms. The minimum atomic E-state index is -3.74. The van der Waals surface area contributed by atoms with E-state index in [0.717, 1.165) is 22.1 Å². The van der Waals surface area contributed by atoms with E-state index in [1.54, 1.807) is 11.8 Å². The van der Waals surface area contributed by atoms with Crippen molar-refractivity contribution in [3.05, 3.63) is 53.6 Å². The summed E-state index contributed by atoms with van der Waals surface area (Å²) >= 11 is 1.81. The molecule has 0 fully saturated rings. The van der Waals surface area contributed by atoms with Crippen LogP contribution >= 0.6 is 11.8 Å². The van der Waals surface area contributed by atoms with Crippen molar-refractivity contribution in [2.24, 2.45) is 0 Å². The van der Waals surface area contributed by atoms with Crippen molar-refractivity contribution in [1.29, 1.82) is 0 Å². The number of sulfonamides is 1. The second-order valence-corrected chi connectivity index (χ2v) is 9.84. The summed E-state index contributed by atoms with van der Waals surface area (Å²) in [6.45, 7) is 6.29. The Morgan fingerprint density at radius 1 is 1.21 bits per heavy atom. The van der Waals surface area contributed by atoms with Crippen LogP contribution < -0.4 is 5.32 Å². The van der Waals surface area contributed by atoms with Crippen molar-refractivity contribution in [2.75, 3.05) is 19.5 Å². The number of carbonyl (C=O) groups is 1. The highest BCUT2D eigenvalue weighted by Gasteiger charge is 2.21. The molecule has 1 N–H and O–H groups in total. The number of amides is 1. The topological polar surface area (TPSA) is 75.7 Å². The maximum atomic E-state index is 12.5. The third-order valence-corrected chi connectivity index (χ3v) is 7.32. The molecule has 0 bridgehead atoms. The molecule has 1 amide bonds. The second-order valence-electron chi connectivity index (χ2n) is 6.39. The smallest absolute Gasteiger partial charge is 0.264 e. The quantitative estimate of drug-likeness (QED) is 0.506. The van der Waals surface area contributed by atoms with Gasteiger partial charge in [-0.05, 0) is 61.4 Å². The Morgan fingerprint density at radius 2 is 1.86 bits per heavy atom. The first-order chi connectivity index (χ1) is 13.2. The fraction of sp³-hybridized carbons (Fsp3) is 0.350. The van der Waals surface area contributed by atoms with E-state index in [1.807, 2.05) is 19.1 Å². The zero-order valence-electron chi connectivity index (χ0n) is 16.7. The van der Waals surface area contributed by atoms with E-state index in [9.17, 15) is 13.2 Å². The number of aryl methyl sites for hydroxylation is 1. The zero-order chi connectivity index (χ0) is 20.9. The van der Waals surface area contributed by atoms with Crippen molar-refractivity contribution < 1.29 is 18.0 Å². The molecule has 0 aliphatic rings. The number of nitrogens with one attached hydrogen (secondary N) is 1. The summed E-state index contributed by atoms with van der Waals surface area (Å²) in [6.07, 6.45) is 1.09. The van der Waals surface area contributed by atoms with Crippen molar-refractivity contribution in [3.8, 4) is 0 Å².